The third-order valence-corrected chi connectivity index (χ3v) is 3.60. The van der Waals surface area contributed by atoms with Gasteiger partial charge in [-0.2, -0.15) is 0 Å². The SMILES string of the molecule is CSc1ccc(-c2ncc(C(C)N)c(C)n2)cc1. The fourth-order valence-corrected chi connectivity index (χ4v) is 2.21. The molecule has 0 saturated carbocycles. The van der Waals surface area contributed by atoms with E-state index in [0.717, 1.165) is 22.6 Å². The number of hydrogen-bond acceptors (Lipinski definition) is 4. The molecule has 0 aliphatic carbocycles. The Morgan fingerprint density at radius 1 is 1.22 bits per heavy atom. The third kappa shape index (κ3) is 2.71. The van der Waals surface area contributed by atoms with Crippen LogP contribution in [0.2, 0.25) is 0 Å². The lowest BCUT2D eigenvalue weighted by atomic mass is 10.1. The summed E-state index contributed by atoms with van der Waals surface area (Å²) >= 11 is 1.72. The van der Waals surface area contributed by atoms with Crippen LogP contribution in [0.25, 0.3) is 11.4 Å². The van der Waals surface area contributed by atoms with E-state index >= 15 is 0 Å². The van der Waals surface area contributed by atoms with Crippen molar-refractivity contribution in [2.24, 2.45) is 5.73 Å². The number of nitrogens with zero attached hydrogens (tertiary/aromatic N) is 2. The largest absolute Gasteiger partial charge is 0.324 e. The maximum Gasteiger partial charge on any atom is 0.159 e. The lowest BCUT2D eigenvalue weighted by Gasteiger charge is -2.09. The molecule has 18 heavy (non-hydrogen) atoms. The van der Waals surface area contributed by atoms with Gasteiger partial charge in [-0.25, -0.2) is 9.97 Å². The number of thioether (sulfide) groups is 1. The van der Waals surface area contributed by atoms with Crippen molar-refractivity contribution >= 4 is 11.8 Å². The van der Waals surface area contributed by atoms with Gasteiger partial charge in [0.15, 0.2) is 5.82 Å². The minimum absolute atomic E-state index is 0.0297. The monoisotopic (exact) mass is 259 g/mol. The number of benzene rings is 1. The third-order valence-electron chi connectivity index (χ3n) is 2.86. The van der Waals surface area contributed by atoms with E-state index in [9.17, 15) is 0 Å². The fourth-order valence-electron chi connectivity index (χ4n) is 1.80. The summed E-state index contributed by atoms with van der Waals surface area (Å²) in [5.74, 6) is 0.754. The topological polar surface area (TPSA) is 51.8 Å². The molecular weight excluding hydrogens is 242 g/mol. The van der Waals surface area contributed by atoms with Gasteiger partial charge in [-0.1, -0.05) is 12.1 Å². The Hall–Kier alpha value is -1.39. The van der Waals surface area contributed by atoms with Gasteiger partial charge in [0.2, 0.25) is 0 Å². The molecule has 0 aliphatic rings. The molecule has 0 radical (unpaired) electrons. The predicted octanol–water partition coefficient (Wildman–Crippen LogP) is 3.19. The van der Waals surface area contributed by atoms with Crippen molar-refractivity contribution in [3.05, 3.63) is 41.7 Å². The zero-order valence-electron chi connectivity index (χ0n) is 10.8. The van der Waals surface area contributed by atoms with Crippen molar-refractivity contribution in [2.75, 3.05) is 6.26 Å². The highest BCUT2D eigenvalue weighted by molar-refractivity contribution is 7.98. The first kappa shape index (κ1) is 13.1. The number of rotatable bonds is 3. The van der Waals surface area contributed by atoms with Gasteiger partial charge >= 0.3 is 0 Å². The quantitative estimate of drug-likeness (QED) is 0.860. The van der Waals surface area contributed by atoms with Gasteiger partial charge in [-0.05, 0) is 32.2 Å². The van der Waals surface area contributed by atoms with E-state index in [1.54, 1.807) is 11.8 Å². The van der Waals surface area contributed by atoms with Crippen LogP contribution < -0.4 is 5.73 Å². The minimum Gasteiger partial charge on any atom is -0.324 e. The fraction of sp³-hybridized carbons (Fsp3) is 0.286. The second-order valence-electron chi connectivity index (χ2n) is 4.25. The molecule has 0 bridgehead atoms. The van der Waals surface area contributed by atoms with Gasteiger partial charge in [0.1, 0.15) is 0 Å². The van der Waals surface area contributed by atoms with E-state index in [1.165, 1.54) is 4.90 Å². The van der Waals surface area contributed by atoms with Crippen LogP contribution in [0.15, 0.2) is 35.4 Å². The second kappa shape index (κ2) is 5.50. The average molecular weight is 259 g/mol. The summed E-state index contributed by atoms with van der Waals surface area (Å²) in [7, 11) is 0. The van der Waals surface area contributed by atoms with Gasteiger partial charge in [-0.15, -0.1) is 11.8 Å². The van der Waals surface area contributed by atoms with Gasteiger partial charge in [0.25, 0.3) is 0 Å². The van der Waals surface area contributed by atoms with Crippen molar-refractivity contribution in [2.45, 2.75) is 24.8 Å². The van der Waals surface area contributed by atoms with Crippen molar-refractivity contribution in [1.82, 2.24) is 9.97 Å². The molecule has 0 saturated heterocycles. The molecule has 1 heterocycles. The number of aromatic nitrogens is 2. The van der Waals surface area contributed by atoms with E-state index in [-0.39, 0.29) is 6.04 Å². The van der Waals surface area contributed by atoms with E-state index < -0.39 is 0 Å². The Kier molecular flexibility index (Phi) is 3.99. The molecule has 94 valence electrons. The first-order valence-corrected chi connectivity index (χ1v) is 7.08. The summed E-state index contributed by atoms with van der Waals surface area (Å²) in [4.78, 5) is 10.1. The summed E-state index contributed by atoms with van der Waals surface area (Å²) in [6.45, 7) is 3.92. The maximum absolute atomic E-state index is 5.86. The normalized spacial score (nSPS) is 12.4. The Morgan fingerprint density at radius 2 is 1.89 bits per heavy atom. The van der Waals surface area contributed by atoms with Crippen molar-refractivity contribution in [3.63, 3.8) is 0 Å². The molecular formula is C14H17N3S. The van der Waals surface area contributed by atoms with Crippen LogP contribution in [0.1, 0.15) is 24.2 Å². The minimum atomic E-state index is -0.0297. The molecule has 1 aromatic heterocycles. The standard InChI is InChI=1S/C14H17N3S/c1-9(15)13-8-16-14(17-10(13)2)11-4-6-12(18-3)7-5-11/h4-9H,15H2,1-3H3. The lowest BCUT2D eigenvalue weighted by molar-refractivity contribution is 0.790. The highest BCUT2D eigenvalue weighted by atomic mass is 32.2. The smallest absolute Gasteiger partial charge is 0.159 e. The molecule has 2 N–H and O–H groups in total. The molecule has 0 spiro atoms. The van der Waals surface area contributed by atoms with Crippen LogP contribution >= 0.6 is 11.8 Å². The molecule has 1 aromatic carbocycles. The predicted molar refractivity (Wildman–Crippen MR) is 76.6 cm³/mol. The highest BCUT2D eigenvalue weighted by Gasteiger charge is 2.08. The van der Waals surface area contributed by atoms with E-state index in [1.807, 2.05) is 32.2 Å². The summed E-state index contributed by atoms with van der Waals surface area (Å²) in [5.41, 5.74) is 8.84. The van der Waals surface area contributed by atoms with E-state index in [2.05, 4.69) is 28.4 Å². The van der Waals surface area contributed by atoms with Crippen LogP contribution in [0, 0.1) is 6.92 Å². The number of nitrogens with two attached hydrogens (primary N) is 1. The average Bonchev–Trinajstić information content (AvgIpc) is 2.38. The summed E-state index contributed by atoms with van der Waals surface area (Å²) in [5, 5.41) is 0. The van der Waals surface area contributed by atoms with Crippen LogP contribution in [-0.2, 0) is 0 Å². The Labute approximate surface area is 112 Å². The second-order valence-corrected chi connectivity index (χ2v) is 5.13. The molecule has 1 atom stereocenters. The summed E-state index contributed by atoms with van der Waals surface area (Å²) < 4.78 is 0. The van der Waals surface area contributed by atoms with E-state index in [4.69, 9.17) is 5.73 Å². The van der Waals surface area contributed by atoms with E-state index in [0.29, 0.717) is 0 Å². The molecule has 3 nitrogen and oxygen atoms in total. The van der Waals surface area contributed by atoms with Crippen LogP contribution in [0.5, 0.6) is 0 Å². The molecule has 2 aromatic rings. The first-order valence-electron chi connectivity index (χ1n) is 5.85. The Balaban J connectivity index is 2.36. The molecule has 0 aliphatic heterocycles. The molecule has 4 heteroatoms. The van der Waals surface area contributed by atoms with Crippen LogP contribution in [0.4, 0.5) is 0 Å². The van der Waals surface area contributed by atoms with Crippen molar-refractivity contribution in [3.8, 4) is 11.4 Å². The van der Waals surface area contributed by atoms with Crippen LogP contribution in [0.3, 0.4) is 0 Å². The Morgan fingerprint density at radius 3 is 2.39 bits per heavy atom. The van der Waals surface area contributed by atoms with Crippen molar-refractivity contribution in [1.29, 1.82) is 0 Å². The summed E-state index contributed by atoms with van der Waals surface area (Å²) in [6.07, 6.45) is 3.89. The van der Waals surface area contributed by atoms with Gasteiger partial charge in [-0.3, -0.25) is 0 Å². The molecule has 0 amide bonds. The highest BCUT2D eigenvalue weighted by Crippen LogP contribution is 2.22. The zero-order chi connectivity index (χ0) is 13.1. The van der Waals surface area contributed by atoms with Gasteiger partial charge in [0, 0.05) is 34.0 Å². The number of hydrogen-bond donors (Lipinski definition) is 1. The number of aryl methyl sites for hydroxylation is 1. The maximum atomic E-state index is 5.86. The summed E-state index contributed by atoms with van der Waals surface area (Å²) in [6, 6.07) is 8.23. The molecule has 0 fully saturated rings. The molecule has 1 unspecified atom stereocenters. The Bertz CT molecular complexity index is 535. The van der Waals surface area contributed by atoms with Crippen LogP contribution in [-0.4, -0.2) is 16.2 Å². The van der Waals surface area contributed by atoms with Gasteiger partial charge in [0.05, 0.1) is 0 Å². The van der Waals surface area contributed by atoms with Crippen molar-refractivity contribution < 1.29 is 0 Å². The first-order chi connectivity index (χ1) is 8.61. The van der Waals surface area contributed by atoms with Gasteiger partial charge < -0.3 is 5.73 Å². The lowest BCUT2D eigenvalue weighted by Crippen LogP contribution is -2.09. The molecule has 2 rings (SSSR count). The zero-order valence-corrected chi connectivity index (χ0v) is 11.7.